The van der Waals surface area contributed by atoms with Crippen molar-refractivity contribution in [2.24, 2.45) is 0 Å². The van der Waals surface area contributed by atoms with Gasteiger partial charge in [-0.15, -0.1) is 0 Å². The first-order valence-corrected chi connectivity index (χ1v) is 9.77. The molecule has 31 heavy (non-hydrogen) atoms. The smallest absolute Gasteiger partial charge is 0.407 e. The molecule has 1 aliphatic rings. The molecule has 0 spiro atoms. The topological polar surface area (TPSA) is 116 Å². The second-order valence-corrected chi connectivity index (χ2v) is 7.32. The van der Waals surface area contributed by atoms with E-state index < -0.39 is 24.2 Å². The molecule has 1 amide bonds. The number of aliphatic hydroxyl groups is 1. The second-order valence-electron chi connectivity index (χ2n) is 7.32. The quantitative estimate of drug-likeness (QED) is 0.487. The number of ether oxygens (including phenoxy) is 1. The Bertz CT molecular complexity index is 1070. The highest BCUT2D eigenvalue weighted by Gasteiger charge is 2.32. The van der Waals surface area contributed by atoms with Crippen LogP contribution in [0, 0.1) is 0 Å². The SMILES string of the molecule is O=C(N[C@@H](c1ccc(O)cc1)[C@H](O)C(=O)O)OCC1c2ccccc2-c2ccccc21. The largest absolute Gasteiger partial charge is 0.508 e. The summed E-state index contributed by atoms with van der Waals surface area (Å²) >= 11 is 0. The maximum absolute atomic E-state index is 12.5. The molecule has 0 radical (unpaired) electrons. The predicted octanol–water partition coefficient (Wildman–Crippen LogP) is 3.42. The average molecular weight is 419 g/mol. The number of aliphatic carboxylic acids is 1. The van der Waals surface area contributed by atoms with Crippen LogP contribution < -0.4 is 5.32 Å². The fraction of sp³-hybridized carbons (Fsp3) is 0.167. The van der Waals surface area contributed by atoms with E-state index in [9.17, 15) is 24.9 Å². The number of fused-ring (bicyclic) bond motifs is 3. The number of alkyl carbamates (subject to hydrolysis) is 1. The molecule has 7 heteroatoms. The van der Waals surface area contributed by atoms with Crippen LogP contribution in [-0.2, 0) is 9.53 Å². The lowest BCUT2D eigenvalue weighted by Gasteiger charge is -2.22. The highest BCUT2D eigenvalue weighted by atomic mass is 16.5. The summed E-state index contributed by atoms with van der Waals surface area (Å²) in [5, 5.41) is 31.2. The first kappa shape index (κ1) is 20.4. The molecule has 0 unspecified atom stereocenters. The van der Waals surface area contributed by atoms with Gasteiger partial charge < -0.3 is 25.4 Å². The summed E-state index contributed by atoms with van der Waals surface area (Å²) in [5.41, 5.74) is 4.61. The first-order valence-electron chi connectivity index (χ1n) is 9.77. The standard InChI is InChI=1S/C24H21NO6/c26-15-11-9-14(10-12-15)21(22(27)23(28)29)25-24(30)31-13-20-18-7-3-1-5-16(18)17-6-2-4-8-19(17)20/h1-12,20-22,26-27H,13H2,(H,25,30)(H,28,29)/t21-,22-/m0/s1. The Balaban J connectivity index is 1.50. The number of carbonyl (C=O) groups excluding carboxylic acids is 1. The number of amides is 1. The summed E-state index contributed by atoms with van der Waals surface area (Å²) < 4.78 is 5.44. The van der Waals surface area contributed by atoms with Crippen molar-refractivity contribution in [3.63, 3.8) is 0 Å². The molecule has 0 bridgehead atoms. The van der Waals surface area contributed by atoms with E-state index >= 15 is 0 Å². The number of phenols is 1. The second kappa shape index (κ2) is 8.49. The van der Waals surface area contributed by atoms with Gasteiger partial charge in [-0.2, -0.15) is 0 Å². The lowest BCUT2D eigenvalue weighted by atomic mass is 9.98. The maximum Gasteiger partial charge on any atom is 0.407 e. The monoisotopic (exact) mass is 419 g/mol. The summed E-state index contributed by atoms with van der Waals surface area (Å²) in [5.74, 6) is -1.65. The third-order valence-corrected chi connectivity index (χ3v) is 5.44. The molecule has 158 valence electrons. The number of hydrogen-bond acceptors (Lipinski definition) is 5. The van der Waals surface area contributed by atoms with Crippen LogP contribution in [0.2, 0.25) is 0 Å². The van der Waals surface area contributed by atoms with Gasteiger partial charge in [0, 0.05) is 5.92 Å². The third kappa shape index (κ3) is 4.08. The number of benzene rings is 3. The van der Waals surface area contributed by atoms with Crippen molar-refractivity contribution in [1.82, 2.24) is 5.32 Å². The lowest BCUT2D eigenvalue weighted by Crippen LogP contribution is -2.40. The molecule has 4 N–H and O–H groups in total. The van der Waals surface area contributed by atoms with Gasteiger partial charge in [0.25, 0.3) is 0 Å². The number of carboxylic acid groups (broad SMARTS) is 1. The Morgan fingerprint density at radius 3 is 2.00 bits per heavy atom. The minimum atomic E-state index is -1.88. The van der Waals surface area contributed by atoms with Gasteiger partial charge in [0.15, 0.2) is 6.10 Å². The van der Waals surface area contributed by atoms with Crippen molar-refractivity contribution < 1.29 is 29.6 Å². The van der Waals surface area contributed by atoms with Crippen LogP contribution in [0.25, 0.3) is 11.1 Å². The molecule has 7 nitrogen and oxygen atoms in total. The van der Waals surface area contributed by atoms with E-state index in [0.717, 1.165) is 22.3 Å². The summed E-state index contributed by atoms with van der Waals surface area (Å²) in [6, 6.07) is 20.1. The van der Waals surface area contributed by atoms with Crippen LogP contribution in [0.15, 0.2) is 72.8 Å². The number of hydrogen-bond donors (Lipinski definition) is 4. The van der Waals surface area contributed by atoms with Crippen LogP contribution in [-0.4, -0.2) is 40.1 Å². The van der Waals surface area contributed by atoms with E-state index in [1.807, 2.05) is 48.5 Å². The highest BCUT2D eigenvalue weighted by molar-refractivity contribution is 5.79. The average Bonchev–Trinajstić information content (AvgIpc) is 3.10. The molecule has 1 aliphatic carbocycles. The first-order chi connectivity index (χ1) is 15.0. The molecule has 4 rings (SSSR count). The summed E-state index contributed by atoms with van der Waals surface area (Å²) in [6.45, 7) is 0.0608. The van der Waals surface area contributed by atoms with Gasteiger partial charge in [0.05, 0.1) is 6.04 Å². The number of aromatic hydroxyl groups is 1. The van der Waals surface area contributed by atoms with Gasteiger partial charge in [0.1, 0.15) is 12.4 Å². The van der Waals surface area contributed by atoms with E-state index in [1.165, 1.54) is 24.3 Å². The van der Waals surface area contributed by atoms with Crippen molar-refractivity contribution in [3.8, 4) is 16.9 Å². The molecule has 2 atom stereocenters. The maximum atomic E-state index is 12.5. The Morgan fingerprint density at radius 1 is 0.903 bits per heavy atom. The van der Waals surface area contributed by atoms with E-state index in [-0.39, 0.29) is 18.3 Å². The Kier molecular flexibility index (Phi) is 5.60. The van der Waals surface area contributed by atoms with Crippen molar-refractivity contribution >= 4 is 12.1 Å². The molecule has 0 saturated heterocycles. The number of phenolic OH excluding ortho intramolecular Hbond substituents is 1. The van der Waals surface area contributed by atoms with Crippen molar-refractivity contribution in [2.45, 2.75) is 18.1 Å². The molecule has 3 aromatic carbocycles. The molecule has 0 heterocycles. The molecule has 0 fully saturated rings. The lowest BCUT2D eigenvalue weighted by molar-refractivity contribution is -0.148. The van der Waals surface area contributed by atoms with E-state index in [0.29, 0.717) is 5.56 Å². The summed E-state index contributed by atoms with van der Waals surface area (Å²) in [4.78, 5) is 23.8. The third-order valence-electron chi connectivity index (χ3n) is 5.44. The number of carbonyl (C=O) groups is 2. The summed E-state index contributed by atoms with van der Waals surface area (Å²) in [7, 11) is 0. The van der Waals surface area contributed by atoms with Gasteiger partial charge >= 0.3 is 12.1 Å². The zero-order chi connectivity index (χ0) is 22.0. The van der Waals surface area contributed by atoms with Gasteiger partial charge in [-0.05, 0) is 39.9 Å². The van der Waals surface area contributed by atoms with Gasteiger partial charge in [-0.3, -0.25) is 0 Å². The van der Waals surface area contributed by atoms with Crippen LogP contribution in [0.4, 0.5) is 4.79 Å². The number of aliphatic hydroxyl groups excluding tert-OH is 1. The number of carboxylic acids is 1. The molecular formula is C24H21NO6. The molecule has 3 aromatic rings. The highest BCUT2D eigenvalue weighted by Crippen LogP contribution is 2.44. The van der Waals surface area contributed by atoms with Crippen molar-refractivity contribution in [1.29, 1.82) is 0 Å². The number of nitrogens with one attached hydrogen (secondary N) is 1. The van der Waals surface area contributed by atoms with E-state index in [4.69, 9.17) is 4.74 Å². The Morgan fingerprint density at radius 2 is 1.45 bits per heavy atom. The normalized spacial score (nSPS) is 14.2. The fourth-order valence-corrected chi connectivity index (χ4v) is 3.94. The zero-order valence-electron chi connectivity index (χ0n) is 16.4. The fourth-order valence-electron chi connectivity index (χ4n) is 3.94. The minimum Gasteiger partial charge on any atom is -0.508 e. The molecule has 0 aromatic heterocycles. The van der Waals surface area contributed by atoms with E-state index in [1.54, 1.807) is 0 Å². The van der Waals surface area contributed by atoms with Crippen LogP contribution in [0.3, 0.4) is 0 Å². The number of rotatable bonds is 6. The Labute approximate surface area is 178 Å². The molecule has 0 saturated carbocycles. The predicted molar refractivity (Wildman–Crippen MR) is 113 cm³/mol. The van der Waals surface area contributed by atoms with E-state index in [2.05, 4.69) is 5.32 Å². The van der Waals surface area contributed by atoms with Gasteiger partial charge in [0.2, 0.25) is 0 Å². The van der Waals surface area contributed by atoms with Crippen molar-refractivity contribution in [2.75, 3.05) is 6.61 Å². The van der Waals surface area contributed by atoms with Gasteiger partial charge in [-0.1, -0.05) is 60.7 Å². The molecular weight excluding hydrogens is 398 g/mol. The van der Waals surface area contributed by atoms with Crippen LogP contribution in [0.5, 0.6) is 5.75 Å². The Hall–Kier alpha value is -3.84. The minimum absolute atomic E-state index is 0.0199. The van der Waals surface area contributed by atoms with Crippen LogP contribution in [0.1, 0.15) is 28.7 Å². The van der Waals surface area contributed by atoms with Gasteiger partial charge in [-0.25, -0.2) is 9.59 Å². The van der Waals surface area contributed by atoms with Crippen molar-refractivity contribution in [3.05, 3.63) is 89.5 Å². The molecule has 0 aliphatic heterocycles. The van der Waals surface area contributed by atoms with Crippen LogP contribution >= 0.6 is 0 Å². The summed E-state index contributed by atoms with van der Waals surface area (Å²) in [6.07, 6.45) is -2.73. The zero-order valence-corrected chi connectivity index (χ0v) is 16.4.